The van der Waals surface area contributed by atoms with Gasteiger partial charge in [-0.15, -0.1) is 0 Å². The van der Waals surface area contributed by atoms with Crippen LogP contribution in [0.1, 0.15) is 13.8 Å². The van der Waals surface area contributed by atoms with Crippen LogP contribution in [0.5, 0.6) is 11.5 Å². The molecule has 17 heavy (non-hydrogen) atoms. The molecule has 0 aliphatic rings. The number of phenols is 1. The summed E-state index contributed by atoms with van der Waals surface area (Å²) in [5, 5.41) is 23.0. The summed E-state index contributed by atoms with van der Waals surface area (Å²) in [5.74, 6) is 0.116. The zero-order valence-corrected chi connectivity index (χ0v) is 10.7. The SMILES string of the molecule is CC.Cn1nc(-c2ccc(O)cc2)c(O)c1Cl. The van der Waals surface area contributed by atoms with Gasteiger partial charge in [0.1, 0.15) is 11.4 Å². The molecule has 0 atom stereocenters. The minimum atomic E-state index is -0.0511. The summed E-state index contributed by atoms with van der Waals surface area (Å²) in [5.41, 5.74) is 1.11. The molecule has 1 aromatic carbocycles. The topological polar surface area (TPSA) is 58.3 Å². The summed E-state index contributed by atoms with van der Waals surface area (Å²) in [6.45, 7) is 4.00. The number of aromatic nitrogens is 2. The number of aryl methyl sites for hydroxylation is 1. The van der Waals surface area contributed by atoms with Gasteiger partial charge in [0, 0.05) is 12.6 Å². The molecule has 0 spiro atoms. The molecule has 5 heteroatoms. The van der Waals surface area contributed by atoms with Crippen LogP contribution in [-0.2, 0) is 7.05 Å². The molecular formula is C12H15ClN2O2. The second kappa shape index (κ2) is 5.59. The van der Waals surface area contributed by atoms with E-state index in [-0.39, 0.29) is 16.7 Å². The molecule has 0 radical (unpaired) electrons. The van der Waals surface area contributed by atoms with Gasteiger partial charge < -0.3 is 10.2 Å². The lowest BCUT2D eigenvalue weighted by molar-refractivity contribution is 0.474. The lowest BCUT2D eigenvalue weighted by Crippen LogP contribution is -1.89. The van der Waals surface area contributed by atoms with Crippen LogP contribution >= 0.6 is 11.6 Å². The average Bonchev–Trinajstić information content (AvgIpc) is 2.61. The maximum absolute atomic E-state index is 9.66. The molecule has 1 aromatic heterocycles. The van der Waals surface area contributed by atoms with Gasteiger partial charge >= 0.3 is 0 Å². The second-order valence-electron chi connectivity index (χ2n) is 3.16. The third-order valence-corrected chi connectivity index (χ3v) is 2.52. The second-order valence-corrected chi connectivity index (χ2v) is 3.52. The number of aromatic hydroxyl groups is 2. The number of rotatable bonds is 1. The van der Waals surface area contributed by atoms with Gasteiger partial charge in [0.05, 0.1) is 0 Å². The number of phenolic OH excluding ortho intramolecular Hbond substituents is 1. The van der Waals surface area contributed by atoms with Crippen molar-refractivity contribution in [3.05, 3.63) is 29.4 Å². The fourth-order valence-electron chi connectivity index (χ4n) is 1.31. The smallest absolute Gasteiger partial charge is 0.181 e. The highest BCUT2D eigenvalue weighted by molar-refractivity contribution is 6.31. The standard InChI is InChI=1S/C10H9ClN2O2.C2H6/c1-13-10(11)9(15)8(12-13)6-2-4-7(14)5-3-6;1-2/h2-5,14-15H,1H3;1-2H3. The van der Waals surface area contributed by atoms with E-state index >= 15 is 0 Å². The van der Waals surface area contributed by atoms with Crippen molar-refractivity contribution in [3.8, 4) is 22.8 Å². The van der Waals surface area contributed by atoms with Gasteiger partial charge in [-0.25, -0.2) is 0 Å². The van der Waals surface area contributed by atoms with E-state index < -0.39 is 0 Å². The summed E-state index contributed by atoms with van der Waals surface area (Å²) in [6, 6.07) is 6.37. The molecule has 0 saturated carbocycles. The van der Waals surface area contributed by atoms with Gasteiger partial charge in [0.15, 0.2) is 10.9 Å². The first kappa shape index (κ1) is 13.4. The Labute approximate surface area is 105 Å². The third-order valence-electron chi connectivity index (χ3n) is 2.09. The van der Waals surface area contributed by atoms with E-state index in [1.807, 2.05) is 13.8 Å². The largest absolute Gasteiger partial charge is 0.508 e. The number of hydrogen-bond acceptors (Lipinski definition) is 3. The van der Waals surface area contributed by atoms with Crippen molar-refractivity contribution in [2.75, 3.05) is 0 Å². The van der Waals surface area contributed by atoms with Crippen LogP contribution in [0.2, 0.25) is 5.15 Å². The molecule has 0 amide bonds. The Balaban J connectivity index is 0.000000686. The van der Waals surface area contributed by atoms with Gasteiger partial charge in [-0.2, -0.15) is 5.10 Å². The molecule has 2 N–H and O–H groups in total. The number of halogens is 1. The lowest BCUT2D eigenvalue weighted by Gasteiger charge is -1.97. The molecule has 0 saturated heterocycles. The molecule has 0 aliphatic heterocycles. The van der Waals surface area contributed by atoms with Crippen LogP contribution in [-0.4, -0.2) is 20.0 Å². The molecule has 0 fully saturated rings. The van der Waals surface area contributed by atoms with Crippen LogP contribution in [0.3, 0.4) is 0 Å². The highest BCUT2D eigenvalue weighted by Gasteiger charge is 2.14. The quantitative estimate of drug-likeness (QED) is 0.822. The van der Waals surface area contributed by atoms with Crippen LogP contribution in [0, 0.1) is 0 Å². The summed E-state index contributed by atoms with van der Waals surface area (Å²) in [7, 11) is 1.64. The predicted molar refractivity (Wildman–Crippen MR) is 68.3 cm³/mol. The van der Waals surface area contributed by atoms with Crippen LogP contribution in [0.4, 0.5) is 0 Å². The molecule has 2 aromatic rings. The summed E-state index contributed by atoms with van der Waals surface area (Å²) in [6.07, 6.45) is 0. The van der Waals surface area contributed by atoms with Crippen molar-refractivity contribution in [1.82, 2.24) is 9.78 Å². The molecule has 0 bridgehead atoms. The Morgan fingerprint density at radius 1 is 1.12 bits per heavy atom. The van der Waals surface area contributed by atoms with E-state index in [0.29, 0.717) is 11.3 Å². The Morgan fingerprint density at radius 3 is 2.06 bits per heavy atom. The normalized spacial score (nSPS) is 9.65. The van der Waals surface area contributed by atoms with E-state index in [9.17, 15) is 5.11 Å². The van der Waals surface area contributed by atoms with Crippen molar-refractivity contribution in [3.63, 3.8) is 0 Å². The molecule has 92 valence electrons. The summed E-state index contributed by atoms with van der Waals surface area (Å²) >= 11 is 5.78. The van der Waals surface area contributed by atoms with Gasteiger partial charge in [-0.3, -0.25) is 4.68 Å². The number of benzene rings is 1. The molecule has 0 unspecified atom stereocenters. The van der Waals surface area contributed by atoms with E-state index in [4.69, 9.17) is 16.7 Å². The molecule has 4 nitrogen and oxygen atoms in total. The van der Waals surface area contributed by atoms with Crippen molar-refractivity contribution >= 4 is 11.6 Å². The van der Waals surface area contributed by atoms with Crippen molar-refractivity contribution in [2.45, 2.75) is 13.8 Å². The minimum absolute atomic E-state index is 0.0511. The Bertz CT molecular complexity index is 492. The molecule has 1 heterocycles. The van der Waals surface area contributed by atoms with Crippen LogP contribution in [0.15, 0.2) is 24.3 Å². The zero-order valence-electron chi connectivity index (χ0n) is 9.98. The molecular weight excluding hydrogens is 240 g/mol. The maximum atomic E-state index is 9.66. The Morgan fingerprint density at radius 2 is 1.65 bits per heavy atom. The lowest BCUT2D eigenvalue weighted by atomic mass is 10.1. The highest BCUT2D eigenvalue weighted by atomic mass is 35.5. The number of hydrogen-bond donors (Lipinski definition) is 2. The highest BCUT2D eigenvalue weighted by Crippen LogP contribution is 2.34. The van der Waals surface area contributed by atoms with Gasteiger partial charge in [0.2, 0.25) is 0 Å². The fourth-order valence-corrected chi connectivity index (χ4v) is 1.43. The third kappa shape index (κ3) is 2.71. The summed E-state index contributed by atoms with van der Waals surface area (Å²) < 4.78 is 1.39. The summed E-state index contributed by atoms with van der Waals surface area (Å²) in [4.78, 5) is 0. The Hall–Kier alpha value is -1.68. The first-order valence-electron chi connectivity index (χ1n) is 5.30. The van der Waals surface area contributed by atoms with Crippen LogP contribution in [0.25, 0.3) is 11.3 Å². The zero-order chi connectivity index (χ0) is 13.0. The van der Waals surface area contributed by atoms with Crippen molar-refractivity contribution in [2.24, 2.45) is 7.05 Å². The number of nitrogens with zero attached hydrogens (tertiary/aromatic N) is 2. The fraction of sp³-hybridized carbons (Fsp3) is 0.250. The molecule has 0 aliphatic carbocycles. The monoisotopic (exact) mass is 254 g/mol. The predicted octanol–water partition coefficient (Wildman–Crippen LogP) is 3.18. The van der Waals surface area contributed by atoms with Gasteiger partial charge in [-0.05, 0) is 24.3 Å². The van der Waals surface area contributed by atoms with Crippen molar-refractivity contribution in [1.29, 1.82) is 0 Å². The molecule has 2 rings (SSSR count). The van der Waals surface area contributed by atoms with E-state index in [2.05, 4.69) is 5.10 Å². The minimum Gasteiger partial charge on any atom is -0.508 e. The van der Waals surface area contributed by atoms with E-state index in [1.165, 1.54) is 16.8 Å². The van der Waals surface area contributed by atoms with Crippen LogP contribution < -0.4 is 0 Å². The van der Waals surface area contributed by atoms with Crippen molar-refractivity contribution < 1.29 is 10.2 Å². The van der Waals surface area contributed by atoms with Gasteiger partial charge in [-0.1, -0.05) is 25.4 Å². The average molecular weight is 255 g/mol. The van der Waals surface area contributed by atoms with Gasteiger partial charge in [0.25, 0.3) is 0 Å². The Kier molecular flexibility index (Phi) is 4.40. The first-order chi connectivity index (χ1) is 8.09. The maximum Gasteiger partial charge on any atom is 0.181 e. The van der Waals surface area contributed by atoms with E-state index in [1.54, 1.807) is 19.2 Å². The first-order valence-corrected chi connectivity index (χ1v) is 5.68. The van der Waals surface area contributed by atoms with E-state index in [0.717, 1.165) is 0 Å².